The van der Waals surface area contributed by atoms with E-state index < -0.39 is 6.43 Å². The molecule has 30 heavy (non-hydrogen) atoms. The summed E-state index contributed by atoms with van der Waals surface area (Å²) in [6.07, 6.45) is 1.01. The van der Waals surface area contributed by atoms with Crippen molar-refractivity contribution in [2.45, 2.75) is 32.7 Å². The average molecular weight is 413 g/mol. The minimum Gasteiger partial charge on any atom is -0.496 e. The number of methoxy groups -OCH3 is 1. The Morgan fingerprint density at radius 1 is 1.30 bits per heavy atom. The maximum Gasteiger partial charge on any atom is 0.280 e. The van der Waals surface area contributed by atoms with Crippen molar-refractivity contribution in [1.82, 2.24) is 24.5 Å². The standard InChI is InChI=1S/C21H21F2N5O2/c1-11-5-14(6-12(2)18(11)30-4)20(29)27(3)17-8-13(17)7-15-9-16(19(22)23)26-21-24-10-25-28(15)21/h5-7,9-10,17,19H,8H2,1-4H3/b13-7-/t17-/m0/s1. The number of benzene rings is 1. The zero-order valence-corrected chi connectivity index (χ0v) is 17.1. The van der Waals surface area contributed by atoms with Gasteiger partial charge in [0.25, 0.3) is 18.1 Å². The van der Waals surface area contributed by atoms with E-state index in [1.165, 1.54) is 16.9 Å². The molecule has 0 unspecified atom stereocenters. The van der Waals surface area contributed by atoms with E-state index >= 15 is 0 Å². The third kappa shape index (κ3) is 3.51. The van der Waals surface area contributed by atoms with Crippen molar-refractivity contribution in [1.29, 1.82) is 0 Å². The van der Waals surface area contributed by atoms with Crippen molar-refractivity contribution in [2.75, 3.05) is 14.2 Å². The van der Waals surface area contributed by atoms with E-state index in [-0.39, 0.29) is 23.4 Å². The van der Waals surface area contributed by atoms with Crippen molar-refractivity contribution < 1.29 is 18.3 Å². The van der Waals surface area contributed by atoms with E-state index in [2.05, 4.69) is 15.1 Å². The van der Waals surface area contributed by atoms with Gasteiger partial charge in [-0.3, -0.25) is 4.79 Å². The van der Waals surface area contributed by atoms with Crippen LogP contribution in [0.2, 0.25) is 0 Å². The Morgan fingerprint density at radius 2 is 2.00 bits per heavy atom. The maximum atomic E-state index is 13.1. The Bertz CT molecular complexity index is 1150. The average Bonchev–Trinajstić information content (AvgIpc) is 3.29. The Kier molecular flexibility index (Phi) is 4.97. The minimum atomic E-state index is -2.70. The number of halogens is 2. The summed E-state index contributed by atoms with van der Waals surface area (Å²) in [5.41, 5.74) is 3.44. The van der Waals surface area contributed by atoms with Crippen molar-refractivity contribution >= 4 is 17.8 Å². The summed E-state index contributed by atoms with van der Waals surface area (Å²) in [7, 11) is 3.35. The van der Waals surface area contributed by atoms with Gasteiger partial charge in [0.05, 0.1) is 18.8 Å². The summed E-state index contributed by atoms with van der Waals surface area (Å²) >= 11 is 0. The second kappa shape index (κ2) is 7.47. The molecule has 1 amide bonds. The Balaban J connectivity index is 1.59. The SMILES string of the molecule is COc1c(C)cc(C(=O)N(C)[C@H]2C/C2=C/c2cc(C(F)F)nc3ncnn23)cc1C. The minimum absolute atomic E-state index is 0.0954. The summed E-state index contributed by atoms with van der Waals surface area (Å²) < 4.78 is 33.1. The van der Waals surface area contributed by atoms with Crippen molar-refractivity contribution in [3.63, 3.8) is 0 Å². The highest BCUT2D eigenvalue weighted by Crippen LogP contribution is 2.37. The zero-order chi connectivity index (χ0) is 21.6. The second-order valence-corrected chi connectivity index (χ2v) is 7.38. The highest BCUT2D eigenvalue weighted by molar-refractivity contribution is 5.95. The summed E-state index contributed by atoms with van der Waals surface area (Å²) in [6.45, 7) is 3.80. The number of aryl methyl sites for hydroxylation is 2. The fourth-order valence-electron chi connectivity index (χ4n) is 3.70. The van der Waals surface area contributed by atoms with Gasteiger partial charge in [-0.2, -0.15) is 14.6 Å². The van der Waals surface area contributed by atoms with Crippen LogP contribution in [0, 0.1) is 13.8 Å². The number of carbonyl (C=O) groups excluding carboxylic acids is 1. The summed E-state index contributed by atoms with van der Waals surface area (Å²) in [4.78, 5) is 22.3. The van der Waals surface area contributed by atoms with Gasteiger partial charge >= 0.3 is 0 Å². The normalized spacial score (nSPS) is 17.0. The Hall–Kier alpha value is -3.36. The molecule has 3 aromatic rings. The first-order chi connectivity index (χ1) is 14.3. The molecule has 1 fully saturated rings. The van der Waals surface area contributed by atoms with E-state index in [4.69, 9.17) is 4.74 Å². The molecule has 1 saturated carbocycles. The van der Waals surface area contributed by atoms with Crippen LogP contribution in [0.15, 0.2) is 30.1 Å². The molecule has 7 nitrogen and oxygen atoms in total. The Labute approximate surface area is 172 Å². The van der Waals surface area contributed by atoms with Gasteiger partial charge in [0.1, 0.15) is 17.8 Å². The second-order valence-electron chi connectivity index (χ2n) is 7.38. The molecule has 0 aliphatic heterocycles. The molecule has 0 bridgehead atoms. The number of amides is 1. The number of aromatic nitrogens is 4. The summed E-state index contributed by atoms with van der Waals surface area (Å²) in [6, 6.07) is 4.83. The molecular weight excluding hydrogens is 392 g/mol. The zero-order valence-electron chi connectivity index (χ0n) is 17.1. The molecule has 0 saturated heterocycles. The lowest BCUT2D eigenvalue weighted by Gasteiger charge is -2.18. The van der Waals surface area contributed by atoms with Crippen LogP contribution in [0.5, 0.6) is 5.75 Å². The van der Waals surface area contributed by atoms with Crippen LogP contribution < -0.4 is 4.74 Å². The fourth-order valence-corrected chi connectivity index (χ4v) is 3.70. The number of alkyl halides is 2. The van der Waals surface area contributed by atoms with Crippen LogP contribution in [0.4, 0.5) is 8.78 Å². The fraction of sp³-hybridized carbons (Fsp3) is 0.333. The van der Waals surface area contributed by atoms with Crippen LogP contribution in [0.1, 0.15) is 45.7 Å². The number of nitrogens with zero attached hydrogens (tertiary/aromatic N) is 5. The van der Waals surface area contributed by atoms with Gasteiger partial charge in [-0.25, -0.2) is 13.8 Å². The van der Waals surface area contributed by atoms with E-state index in [1.807, 2.05) is 26.0 Å². The lowest BCUT2D eigenvalue weighted by molar-refractivity contribution is 0.0790. The first-order valence-corrected chi connectivity index (χ1v) is 9.41. The first kappa shape index (κ1) is 19.9. The molecule has 9 heteroatoms. The molecule has 4 rings (SSSR count). The Morgan fingerprint density at radius 3 is 2.63 bits per heavy atom. The molecule has 0 N–H and O–H groups in total. The van der Waals surface area contributed by atoms with E-state index in [0.29, 0.717) is 17.7 Å². The number of hydrogen-bond acceptors (Lipinski definition) is 5. The lowest BCUT2D eigenvalue weighted by atomic mass is 10.0. The third-order valence-corrected chi connectivity index (χ3v) is 5.25. The van der Waals surface area contributed by atoms with Crippen LogP contribution in [0.25, 0.3) is 11.9 Å². The molecule has 0 spiro atoms. The predicted octanol–water partition coefficient (Wildman–Crippen LogP) is 3.62. The summed E-state index contributed by atoms with van der Waals surface area (Å²) in [5.74, 6) is 0.780. The van der Waals surface area contributed by atoms with Gasteiger partial charge < -0.3 is 9.64 Å². The van der Waals surface area contributed by atoms with Crippen LogP contribution in [-0.4, -0.2) is 50.6 Å². The number of rotatable bonds is 5. The number of likely N-dealkylation sites (N-methyl/N-ethyl adjacent to an activating group) is 1. The number of carbonyl (C=O) groups is 1. The molecule has 1 aliphatic rings. The van der Waals surface area contributed by atoms with Gasteiger partial charge in [0.2, 0.25) is 0 Å². The first-order valence-electron chi connectivity index (χ1n) is 9.41. The predicted molar refractivity (Wildman–Crippen MR) is 107 cm³/mol. The molecule has 1 aromatic carbocycles. The molecule has 2 aromatic heterocycles. The highest BCUT2D eigenvalue weighted by atomic mass is 19.3. The van der Waals surface area contributed by atoms with E-state index in [9.17, 15) is 13.6 Å². The van der Waals surface area contributed by atoms with E-state index in [0.717, 1.165) is 22.4 Å². The molecule has 0 radical (unpaired) electrons. The van der Waals surface area contributed by atoms with Gasteiger partial charge in [-0.05, 0) is 61.2 Å². The van der Waals surface area contributed by atoms with Gasteiger partial charge in [-0.15, -0.1) is 0 Å². The monoisotopic (exact) mass is 413 g/mol. The van der Waals surface area contributed by atoms with Crippen LogP contribution in [-0.2, 0) is 0 Å². The molecule has 2 heterocycles. The van der Waals surface area contributed by atoms with Crippen molar-refractivity contribution in [2.24, 2.45) is 0 Å². The van der Waals surface area contributed by atoms with Crippen molar-refractivity contribution in [3.05, 3.63) is 58.2 Å². The van der Waals surface area contributed by atoms with Gasteiger partial charge in [0, 0.05) is 12.6 Å². The maximum absolute atomic E-state index is 13.1. The number of ether oxygens (including phenoxy) is 1. The topological polar surface area (TPSA) is 72.6 Å². The quantitative estimate of drug-likeness (QED) is 0.639. The smallest absolute Gasteiger partial charge is 0.280 e. The van der Waals surface area contributed by atoms with Gasteiger partial charge in [0.15, 0.2) is 0 Å². The summed E-state index contributed by atoms with van der Waals surface area (Å²) in [5, 5.41) is 4.05. The van der Waals surface area contributed by atoms with Crippen molar-refractivity contribution in [3.8, 4) is 5.75 Å². The van der Waals surface area contributed by atoms with Crippen LogP contribution >= 0.6 is 0 Å². The lowest BCUT2D eigenvalue weighted by Crippen LogP contribution is -2.29. The molecule has 1 atom stereocenters. The number of fused-ring (bicyclic) bond motifs is 1. The molecule has 156 valence electrons. The molecule has 1 aliphatic carbocycles. The molecular formula is C21H21F2N5O2. The largest absolute Gasteiger partial charge is 0.496 e. The van der Waals surface area contributed by atoms with Crippen LogP contribution in [0.3, 0.4) is 0 Å². The highest BCUT2D eigenvalue weighted by Gasteiger charge is 2.37. The van der Waals surface area contributed by atoms with E-state index in [1.54, 1.807) is 25.1 Å². The van der Waals surface area contributed by atoms with Gasteiger partial charge in [-0.1, -0.05) is 0 Å². The number of hydrogen-bond donors (Lipinski definition) is 0. The third-order valence-electron chi connectivity index (χ3n) is 5.25.